The molecule has 0 aliphatic carbocycles. The smallest absolute Gasteiger partial charge is 0.115 e. The zero-order valence-electron chi connectivity index (χ0n) is 13.1. The molecule has 0 saturated heterocycles. The molecule has 3 heteroatoms. The first-order valence-electron chi connectivity index (χ1n) is 7.82. The first-order valence-corrected chi connectivity index (χ1v) is 8.69. The summed E-state index contributed by atoms with van der Waals surface area (Å²) >= 11 is 1.79. The highest BCUT2D eigenvalue weighted by Gasteiger charge is 2.12. The number of hydrogen-bond donors (Lipinski definition) is 0. The second-order valence-electron chi connectivity index (χ2n) is 5.85. The Bertz CT molecular complexity index is 935. The molecule has 2 nitrogen and oxygen atoms in total. The van der Waals surface area contributed by atoms with Gasteiger partial charge >= 0.3 is 0 Å². The van der Waals surface area contributed by atoms with E-state index in [1.165, 1.54) is 21.5 Å². The maximum Gasteiger partial charge on any atom is 0.115 e. The molecule has 114 valence electrons. The predicted molar refractivity (Wildman–Crippen MR) is 97.1 cm³/mol. The van der Waals surface area contributed by atoms with E-state index in [9.17, 15) is 0 Å². The maximum atomic E-state index is 4.88. The van der Waals surface area contributed by atoms with Crippen LogP contribution in [0.1, 0.15) is 21.8 Å². The quantitative estimate of drug-likeness (QED) is 0.515. The fourth-order valence-electron chi connectivity index (χ4n) is 3.00. The van der Waals surface area contributed by atoms with Crippen LogP contribution in [0.3, 0.4) is 0 Å². The van der Waals surface area contributed by atoms with E-state index >= 15 is 0 Å². The average Bonchev–Trinajstić information content (AvgIpc) is 3.17. The predicted octanol–water partition coefficient (Wildman–Crippen LogP) is 5.05. The number of imidazole rings is 1. The van der Waals surface area contributed by atoms with Crippen LogP contribution < -0.4 is 0 Å². The lowest BCUT2D eigenvalue weighted by Gasteiger charge is -2.10. The second-order valence-corrected chi connectivity index (χ2v) is 6.88. The van der Waals surface area contributed by atoms with Gasteiger partial charge in [0.25, 0.3) is 0 Å². The first-order chi connectivity index (χ1) is 11.3. The van der Waals surface area contributed by atoms with Gasteiger partial charge in [-0.05, 0) is 36.1 Å². The van der Waals surface area contributed by atoms with E-state index in [-0.39, 0.29) is 0 Å². The second kappa shape index (κ2) is 6.01. The van der Waals surface area contributed by atoms with Crippen molar-refractivity contribution in [2.75, 3.05) is 0 Å². The Hall–Kier alpha value is -2.39. The van der Waals surface area contributed by atoms with Gasteiger partial charge in [-0.1, -0.05) is 48.0 Å². The van der Waals surface area contributed by atoms with Crippen molar-refractivity contribution in [3.8, 4) is 0 Å². The number of thiophene rings is 1. The largest absolute Gasteiger partial charge is 0.323 e. The molecule has 2 aromatic carbocycles. The van der Waals surface area contributed by atoms with Gasteiger partial charge in [-0.2, -0.15) is 0 Å². The van der Waals surface area contributed by atoms with Crippen molar-refractivity contribution in [3.63, 3.8) is 0 Å². The molecule has 4 aromatic rings. The molecule has 0 aliphatic rings. The molecule has 23 heavy (non-hydrogen) atoms. The zero-order valence-corrected chi connectivity index (χ0v) is 13.9. The summed E-state index contributed by atoms with van der Waals surface area (Å²) in [7, 11) is 0. The van der Waals surface area contributed by atoms with Crippen LogP contribution in [0.5, 0.6) is 0 Å². The number of aryl methyl sites for hydroxylation is 1. The van der Waals surface area contributed by atoms with Crippen molar-refractivity contribution in [2.24, 2.45) is 0 Å². The number of fused-ring (bicyclic) bond motifs is 1. The summed E-state index contributed by atoms with van der Waals surface area (Å²) < 4.78 is 2.35. The maximum absolute atomic E-state index is 4.88. The molecule has 4 rings (SSSR count). The third-order valence-corrected chi connectivity index (χ3v) is 4.95. The molecule has 0 fully saturated rings. The lowest BCUT2D eigenvalue weighted by Crippen LogP contribution is -2.05. The lowest BCUT2D eigenvalue weighted by molar-refractivity contribution is 0.764. The van der Waals surface area contributed by atoms with Crippen LogP contribution >= 0.6 is 11.3 Å². The summed E-state index contributed by atoms with van der Waals surface area (Å²) in [4.78, 5) is 6.23. The Morgan fingerprint density at radius 1 is 1.00 bits per heavy atom. The summed E-state index contributed by atoms with van der Waals surface area (Å²) in [6, 6.07) is 21.4. The number of hydrogen-bond acceptors (Lipinski definition) is 2. The Kier molecular flexibility index (Phi) is 3.72. The minimum atomic E-state index is 0.864. The van der Waals surface area contributed by atoms with Crippen molar-refractivity contribution >= 4 is 22.4 Å². The van der Waals surface area contributed by atoms with Gasteiger partial charge in [-0.15, -0.1) is 11.3 Å². The van der Waals surface area contributed by atoms with Crippen molar-refractivity contribution in [3.05, 3.63) is 87.9 Å². The molecule has 0 N–H and O–H groups in total. The van der Waals surface area contributed by atoms with E-state index in [1.54, 1.807) is 11.3 Å². The van der Waals surface area contributed by atoms with Gasteiger partial charge in [0.15, 0.2) is 0 Å². The highest BCUT2D eigenvalue weighted by atomic mass is 32.1. The van der Waals surface area contributed by atoms with Gasteiger partial charge in [-0.25, -0.2) is 4.98 Å². The summed E-state index contributed by atoms with van der Waals surface area (Å²) in [6.07, 6.45) is 0.887. The summed E-state index contributed by atoms with van der Waals surface area (Å²) in [5.74, 6) is 1.13. The van der Waals surface area contributed by atoms with E-state index in [0.717, 1.165) is 24.3 Å². The normalized spacial score (nSPS) is 11.2. The minimum absolute atomic E-state index is 0.864. The highest BCUT2D eigenvalue weighted by molar-refractivity contribution is 7.09. The Labute approximate surface area is 140 Å². The molecular weight excluding hydrogens is 300 g/mol. The summed E-state index contributed by atoms with van der Waals surface area (Å²) in [5.41, 5.74) is 4.90. The van der Waals surface area contributed by atoms with Gasteiger partial charge in [0, 0.05) is 17.8 Å². The van der Waals surface area contributed by atoms with E-state index in [2.05, 4.69) is 77.5 Å². The van der Waals surface area contributed by atoms with Crippen LogP contribution in [-0.4, -0.2) is 9.55 Å². The van der Waals surface area contributed by atoms with Gasteiger partial charge in [-0.3, -0.25) is 0 Å². The van der Waals surface area contributed by atoms with Gasteiger partial charge in [0.2, 0.25) is 0 Å². The number of aromatic nitrogens is 2. The van der Waals surface area contributed by atoms with Crippen LogP contribution in [0.4, 0.5) is 0 Å². The molecule has 0 bridgehead atoms. The third-order valence-electron chi connectivity index (χ3n) is 4.07. The van der Waals surface area contributed by atoms with Gasteiger partial charge < -0.3 is 4.57 Å². The highest BCUT2D eigenvalue weighted by Crippen LogP contribution is 2.22. The van der Waals surface area contributed by atoms with E-state index in [4.69, 9.17) is 4.98 Å². The summed E-state index contributed by atoms with van der Waals surface area (Å²) in [5, 5.41) is 2.13. The SMILES string of the molecule is Cc1cccc(Cn2c(Cc3cccs3)nc3ccccc32)c1. The molecule has 0 atom stereocenters. The fraction of sp³-hybridized carbons (Fsp3) is 0.150. The van der Waals surface area contributed by atoms with E-state index in [0.29, 0.717) is 0 Å². The Morgan fingerprint density at radius 3 is 2.74 bits per heavy atom. The minimum Gasteiger partial charge on any atom is -0.323 e. The average molecular weight is 318 g/mol. The van der Waals surface area contributed by atoms with Crippen LogP contribution in [0.25, 0.3) is 11.0 Å². The van der Waals surface area contributed by atoms with Crippen LogP contribution in [-0.2, 0) is 13.0 Å². The molecule has 0 saturated carbocycles. The van der Waals surface area contributed by atoms with Crippen LogP contribution in [0.15, 0.2) is 66.0 Å². The zero-order chi connectivity index (χ0) is 15.6. The fourth-order valence-corrected chi connectivity index (χ4v) is 3.70. The number of nitrogens with zero attached hydrogens (tertiary/aromatic N) is 2. The number of para-hydroxylation sites is 2. The third kappa shape index (κ3) is 2.92. The molecule has 0 aliphatic heterocycles. The van der Waals surface area contributed by atoms with E-state index in [1.807, 2.05) is 0 Å². The monoisotopic (exact) mass is 318 g/mol. The molecule has 2 heterocycles. The van der Waals surface area contributed by atoms with Crippen LogP contribution in [0, 0.1) is 6.92 Å². The van der Waals surface area contributed by atoms with Crippen molar-refractivity contribution in [1.82, 2.24) is 9.55 Å². The van der Waals surface area contributed by atoms with Crippen molar-refractivity contribution in [1.29, 1.82) is 0 Å². The van der Waals surface area contributed by atoms with Gasteiger partial charge in [0.05, 0.1) is 11.0 Å². The molecule has 0 radical (unpaired) electrons. The summed E-state index contributed by atoms with van der Waals surface area (Å²) in [6.45, 7) is 3.00. The number of benzene rings is 2. The molecular formula is C20H18N2S. The number of rotatable bonds is 4. The topological polar surface area (TPSA) is 17.8 Å². The molecule has 0 unspecified atom stereocenters. The van der Waals surface area contributed by atoms with Crippen LogP contribution in [0.2, 0.25) is 0 Å². The van der Waals surface area contributed by atoms with Crippen molar-refractivity contribution in [2.45, 2.75) is 19.9 Å². The van der Waals surface area contributed by atoms with Crippen molar-refractivity contribution < 1.29 is 0 Å². The molecule has 0 spiro atoms. The Morgan fingerprint density at radius 2 is 1.91 bits per heavy atom. The first kappa shape index (κ1) is 14.2. The lowest BCUT2D eigenvalue weighted by atomic mass is 10.1. The molecule has 2 aromatic heterocycles. The Balaban J connectivity index is 1.79. The molecule has 0 amide bonds. The van der Waals surface area contributed by atoms with Gasteiger partial charge in [0.1, 0.15) is 5.82 Å². The standard InChI is InChI=1S/C20H18N2S/c1-15-6-4-7-16(12-15)14-22-19-10-3-2-9-18(19)21-20(22)13-17-8-5-11-23-17/h2-12H,13-14H2,1H3. The van der Waals surface area contributed by atoms with E-state index < -0.39 is 0 Å².